The summed E-state index contributed by atoms with van der Waals surface area (Å²) in [5.41, 5.74) is 1.19. The standard InChI is InChI=1S/C13H22N4/c1-4-11-12(14-3)15-8-16-13(11)17-10-6-5-9(2)7-10/h8-10H,4-7H2,1-3H3,(H2,14,15,16,17). The maximum Gasteiger partial charge on any atom is 0.134 e. The molecule has 94 valence electrons. The summed E-state index contributed by atoms with van der Waals surface area (Å²) in [7, 11) is 1.91. The van der Waals surface area contributed by atoms with E-state index in [1.165, 1.54) is 24.8 Å². The SMILES string of the molecule is CCc1c(NC)ncnc1NC1CCC(C)C1. The predicted octanol–water partition coefficient (Wildman–Crippen LogP) is 2.68. The number of nitrogens with zero attached hydrogens (tertiary/aromatic N) is 2. The Morgan fingerprint density at radius 3 is 2.65 bits per heavy atom. The highest BCUT2D eigenvalue weighted by molar-refractivity contribution is 5.57. The normalized spacial score (nSPS) is 23.7. The molecule has 0 amide bonds. The molecule has 1 aromatic heterocycles. The fourth-order valence-electron chi connectivity index (χ4n) is 2.62. The van der Waals surface area contributed by atoms with E-state index in [0.29, 0.717) is 6.04 Å². The molecule has 4 nitrogen and oxygen atoms in total. The molecule has 1 heterocycles. The molecule has 1 aromatic rings. The minimum absolute atomic E-state index is 0.579. The van der Waals surface area contributed by atoms with Crippen LogP contribution < -0.4 is 10.6 Å². The summed E-state index contributed by atoms with van der Waals surface area (Å²) in [6, 6.07) is 0.579. The summed E-state index contributed by atoms with van der Waals surface area (Å²) in [5, 5.41) is 6.70. The van der Waals surface area contributed by atoms with Crippen LogP contribution in [0.3, 0.4) is 0 Å². The molecule has 0 spiro atoms. The molecule has 0 aromatic carbocycles. The lowest BCUT2D eigenvalue weighted by molar-refractivity contribution is 0.602. The van der Waals surface area contributed by atoms with Crippen LogP contribution in [-0.2, 0) is 6.42 Å². The molecule has 2 N–H and O–H groups in total. The van der Waals surface area contributed by atoms with E-state index < -0.39 is 0 Å². The van der Waals surface area contributed by atoms with Gasteiger partial charge in [0.1, 0.15) is 18.0 Å². The lowest BCUT2D eigenvalue weighted by atomic mass is 10.1. The first-order valence-electron chi connectivity index (χ1n) is 6.52. The van der Waals surface area contributed by atoms with E-state index >= 15 is 0 Å². The molecule has 0 saturated heterocycles. The van der Waals surface area contributed by atoms with E-state index in [9.17, 15) is 0 Å². The average Bonchev–Trinajstić information content (AvgIpc) is 2.74. The molecule has 0 aliphatic heterocycles. The van der Waals surface area contributed by atoms with Crippen molar-refractivity contribution in [3.63, 3.8) is 0 Å². The second-order valence-corrected chi connectivity index (χ2v) is 4.91. The molecular weight excluding hydrogens is 212 g/mol. The Bertz CT molecular complexity index is 378. The van der Waals surface area contributed by atoms with Gasteiger partial charge in [0.2, 0.25) is 0 Å². The van der Waals surface area contributed by atoms with Crippen molar-refractivity contribution in [3.05, 3.63) is 11.9 Å². The highest BCUT2D eigenvalue weighted by Crippen LogP contribution is 2.29. The van der Waals surface area contributed by atoms with Crippen LogP contribution in [-0.4, -0.2) is 23.1 Å². The van der Waals surface area contributed by atoms with Crippen LogP contribution in [0.15, 0.2) is 6.33 Å². The van der Waals surface area contributed by atoms with E-state index in [0.717, 1.165) is 24.0 Å². The Kier molecular flexibility index (Phi) is 3.82. The van der Waals surface area contributed by atoms with Crippen LogP contribution in [0.2, 0.25) is 0 Å². The molecular formula is C13H22N4. The van der Waals surface area contributed by atoms with Gasteiger partial charge in [-0.25, -0.2) is 9.97 Å². The fraction of sp³-hybridized carbons (Fsp3) is 0.692. The van der Waals surface area contributed by atoms with Crippen molar-refractivity contribution in [2.75, 3.05) is 17.7 Å². The zero-order chi connectivity index (χ0) is 12.3. The van der Waals surface area contributed by atoms with Gasteiger partial charge in [-0.1, -0.05) is 13.8 Å². The molecule has 2 unspecified atom stereocenters. The third kappa shape index (κ3) is 2.68. The van der Waals surface area contributed by atoms with Gasteiger partial charge in [-0.3, -0.25) is 0 Å². The molecule has 2 atom stereocenters. The average molecular weight is 234 g/mol. The first-order chi connectivity index (χ1) is 8.24. The topological polar surface area (TPSA) is 49.8 Å². The third-order valence-electron chi connectivity index (χ3n) is 3.57. The van der Waals surface area contributed by atoms with Crippen molar-refractivity contribution < 1.29 is 0 Å². The number of nitrogens with one attached hydrogen (secondary N) is 2. The largest absolute Gasteiger partial charge is 0.373 e. The molecule has 1 fully saturated rings. The Morgan fingerprint density at radius 2 is 2.06 bits per heavy atom. The van der Waals surface area contributed by atoms with E-state index in [2.05, 4.69) is 34.4 Å². The maximum absolute atomic E-state index is 4.38. The van der Waals surface area contributed by atoms with Crippen LogP contribution in [0.4, 0.5) is 11.6 Å². The van der Waals surface area contributed by atoms with Gasteiger partial charge in [0.15, 0.2) is 0 Å². The van der Waals surface area contributed by atoms with Gasteiger partial charge < -0.3 is 10.6 Å². The highest BCUT2D eigenvalue weighted by atomic mass is 15.1. The number of hydrogen-bond acceptors (Lipinski definition) is 4. The number of rotatable bonds is 4. The van der Waals surface area contributed by atoms with Crippen molar-refractivity contribution in [1.29, 1.82) is 0 Å². The summed E-state index contributed by atoms with van der Waals surface area (Å²) in [6.07, 6.45) is 6.40. The summed E-state index contributed by atoms with van der Waals surface area (Å²) >= 11 is 0. The van der Waals surface area contributed by atoms with Gasteiger partial charge in [0.25, 0.3) is 0 Å². The van der Waals surface area contributed by atoms with Gasteiger partial charge in [-0.05, 0) is 31.6 Å². The molecule has 2 rings (SSSR count). The highest BCUT2D eigenvalue weighted by Gasteiger charge is 2.22. The predicted molar refractivity (Wildman–Crippen MR) is 71.4 cm³/mol. The van der Waals surface area contributed by atoms with E-state index in [4.69, 9.17) is 0 Å². The van der Waals surface area contributed by atoms with E-state index in [1.807, 2.05) is 7.05 Å². The molecule has 1 aliphatic rings. The summed E-state index contributed by atoms with van der Waals surface area (Å²) in [6.45, 7) is 4.46. The monoisotopic (exact) mass is 234 g/mol. The van der Waals surface area contributed by atoms with E-state index in [1.54, 1.807) is 6.33 Å². The number of hydrogen-bond donors (Lipinski definition) is 2. The molecule has 0 radical (unpaired) electrons. The summed E-state index contributed by atoms with van der Waals surface area (Å²) in [5.74, 6) is 2.78. The van der Waals surface area contributed by atoms with Crippen molar-refractivity contribution in [1.82, 2.24) is 9.97 Å². The Hall–Kier alpha value is -1.32. The number of aromatic nitrogens is 2. The van der Waals surface area contributed by atoms with Crippen LogP contribution >= 0.6 is 0 Å². The van der Waals surface area contributed by atoms with Crippen molar-refractivity contribution >= 4 is 11.6 Å². The summed E-state index contributed by atoms with van der Waals surface area (Å²) in [4.78, 5) is 8.64. The zero-order valence-corrected chi connectivity index (χ0v) is 11.0. The summed E-state index contributed by atoms with van der Waals surface area (Å²) < 4.78 is 0. The fourth-order valence-corrected chi connectivity index (χ4v) is 2.62. The van der Waals surface area contributed by atoms with Crippen molar-refractivity contribution in [2.45, 2.75) is 45.6 Å². The first kappa shape index (κ1) is 12.1. The second-order valence-electron chi connectivity index (χ2n) is 4.91. The van der Waals surface area contributed by atoms with Gasteiger partial charge in [0, 0.05) is 18.7 Å². The van der Waals surface area contributed by atoms with Crippen molar-refractivity contribution in [2.24, 2.45) is 5.92 Å². The first-order valence-corrected chi connectivity index (χ1v) is 6.52. The van der Waals surface area contributed by atoms with Gasteiger partial charge in [0.05, 0.1) is 0 Å². The minimum Gasteiger partial charge on any atom is -0.373 e. The Balaban J connectivity index is 2.14. The lowest BCUT2D eigenvalue weighted by Crippen LogP contribution is -2.18. The van der Waals surface area contributed by atoms with Crippen molar-refractivity contribution in [3.8, 4) is 0 Å². The lowest BCUT2D eigenvalue weighted by Gasteiger charge is -2.17. The van der Waals surface area contributed by atoms with Crippen LogP contribution in [0.25, 0.3) is 0 Å². The Morgan fingerprint density at radius 1 is 1.29 bits per heavy atom. The van der Waals surface area contributed by atoms with Gasteiger partial charge in [-0.2, -0.15) is 0 Å². The third-order valence-corrected chi connectivity index (χ3v) is 3.57. The van der Waals surface area contributed by atoms with Crippen LogP contribution in [0, 0.1) is 5.92 Å². The van der Waals surface area contributed by atoms with Crippen LogP contribution in [0.1, 0.15) is 38.7 Å². The minimum atomic E-state index is 0.579. The molecule has 4 heteroatoms. The number of anilines is 2. The second kappa shape index (κ2) is 5.34. The quantitative estimate of drug-likeness (QED) is 0.841. The maximum atomic E-state index is 4.38. The van der Waals surface area contributed by atoms with Gasteiger partial charge in [-0.15, -0.1) is 0 Å². The molecule has 17 heavy (non-hydrogen) atoms. The molecule has 1 saturated carbocycles. The zero-order valence-electron chi connectivity index (χ0n) is 11.0. The smallest absolute Gasteiger partial charge is 0.134 e. The Labute approximate surface area is 103 Å². The van der Waals surface area contributed by atoms with Crippen LogP contribution in [0.5, 0.6) is 0 Å². The molecule has 0 bridgehead atoms. The molecule has 1 aliphatic carbocycles. The van der Waals surface area contributed by atoms with Gasteiger partial charge >= 0.3 is 0 Å². The van der Waals surface area contributed by atoms with E-state index in [-0.39, 0.29) is 0 Å².